The molecule has 0 fully saturated rings. The second-order valence-corrected chi connectivity index (χ2v) is 29.8. The number of aliphatic hydroxyl groups excluding tert-OH is 1. The highest BCUT2D eigenvalue weighted by atomic mass is 31.2. The van der Waals surface area contributed by atoms with Crippen LogP contribution < -0.4 is 0 Å². The molecule has 0 saturated carbocycles. The van der Waals surface area contributed by atoms with E-state index in [1.165, 1.54) is 38.5 Å². The van der Waals surface area contributed by atoms with Gasteiger partial charge in [-0.15, -0.1) is 0 Å². The lowest BCUT2D eigenvalue weighted by atomic mass is 10.1. The Bertz CT molecular complexity index is 2990. The van der Waals surface area contributed by atoms with Gasteiger partial charge in [0.25, 0.3) is 0 Å². The van der Waals surface area contributed by atoms with E-state index < -0.39 is 97.5 Å². The maximum Gasteiger partial charge on any atom is 0.472 e. The lowest BCUT2D eigenvalue weighted by Gasteiger charge is -2.21. The first kappa shape index (κ1) is 105. The standard InChI is InChI=1S/C93H146O17P2/c1-5-9-13-17-21-25-29-33-37-40-43-46-50-53-57-61-65-69-73-77-90(95)103-83-88(109-92(97)79-75-71-67-63-59-55-49-36-32-28-24-20-16-12-8-4)85-107-111(99,100)105-81-87(94)82-106-112(101,102)108-86-89(110-93(98)80-76-72-68-64-60-56-52-48-45-42-39-35-31-27-23-19-15-11-7-3)84-104-91(96)78-74-70-66-62-58-54-51-47-44-41-38-34-30-26-22-18-14-10-6-2/h10-11,14-15,21-28,33-39,43-49,53-54,56-58,60,65,68-69,72,87-89,94H,5-9,12-13,16-20,29-32,40-42,50-52,55,59,61-64,66-67,70-71,73-86H2,1-4H3,(H,99,100)(H,101,102)/b14-10-,15-11-,25-21-,26-22-,27-23-,28-24-,37-33-,38-34-,39-35-,46-43-,47-44-,48-45-,49-36-,57-53-,58-54-,60-56-,69-65-,72-68-/t87-,88+,89+/m0/s1. The number of aliphatic hydroxyl groups is 1. The topological polar surface area (TPSA) is 237 Å². The van der Waals surface area contributed by atoms with E-state index in [9.17, 15) is 43.2 Å². The van der Waals surface area contributed by atoms with Crippen molar-refractivity contribution in [3.05, 3.63) is 219 Å². The largest absolute Gasteiger partial charge is 0.472 e. The Hall–Kier alpha value is -6.62. The van der Waals surface area contributed by atoms with Crippen LogP contribution in [0.4, 0.5) is 0 Å². The van der Waals surface area contributed by atoms with E-state index in [0.29, 0.717) is 38.5 Å². The summed E-state index contributed by atoms with van der Waals surface area (Å²) in [5.74, 6) is -2.45. The second kappa shape index (κ2) is 82.4. The molecule has 0 aliphatic rings. The minimum Gasteiger partial charge on any atom is -0.462 e. The van der Waals surface area contributed by atoms with Gasteiger partial charge in [0, 0.05) is 25.7 Å². The number of unbranched alkanes of at least 4 members (excludes halogenated alkanes) is 14. The summed E-state index contributed by atoms with van der Waals surface area (Å²) in [4.78, 5) is 73.2. The Balaban J connectivity index is 5.59. The van der Waals surface area contributed by atoms with Crippen LogP contribution in [-0.4, -0.2) is 96.7 Å². The molecule has 630 valence electrons. The molecule has 0 aliphatic carbocycles. The molecule has 0 aromatic heterocycles. The van der Waals surface area contributed by atoms with Gasteiger partial charge in [0.2, 0.25) is 0 Å². The lowest BCUT2D eigenvalue weighted by Crippen LogP contribution is -2.30. The molecule has 0 saturated heterocycles. The van der Waals surface area contributed by atoms with Crippen LogP contribution in [0.1, 0.15) is 285 Å². The third-order valence-corrected chi connectivity index (χ3v) is 18.3. The predicted octanol–water partition coefficient (Wildman–Crippen LogP) is 25.2. The molecule has 0 aromatic carbocycles. The first-order valence-electron chi connectivity index (χ1n) is 42.0. The highest BCUT2D eigenvalue weighted by Crippen LogP contribution is 2.45. The summed E-state index contributed by atoms with van der Waals surface area (Å²) in [5, 5.41) is 10.7. The van der Waals surface area contributed by atoms with Gasteiger partial charge in [-0.3, -0.25) is 37.3 Å². The number of ether oxygens (including phenoxy) is 4. The summed E-state index contributed by atoms with van der Waals surface area (Å²) in [6.07, 6.45) is 105. The fraction of sp³-hybridized carbons (Fsp3) is 0.570. The normalized spacial score (nSPS) is 14.9. The van der Waals surface area contributed by atoms with Crippen molar-refractivity contribution in [1.29, 1.82) is 0 Å². The van der Waals surface area contributed by atoms with Gasteiger partial charge in [-0.05, 0) is 180 Å². The molecule has 5 atom stereocenters. The van der Waals surface area contributed by atoms with Gasteiger partial charge in [-0.2, -0.15) is 0 Å². The van der Waals surface area contributed by atoms with Crippen LogP contribution in [0.3, 0.4) is 0 Å². The number of esters is 4. The number of hydrogen-bond donors (Lipinski definition) is 3. The van der Waals surface area contributed by atoms with Crippen molar-refractivity contribution >= 4 is 39.5 Å². The fourth-order valence-electron chi connectivity index (χ4n) is 10.1. The van der Waals surface area contributed by atoms with Crippen LogP contribution in [0, 0.1) is 0 Å². The van der Waals surface area contributed by atoms with Crippen molar-refractivity contribution < 1.29 is 80.2 Å². The van der Waals surface area contributed by atoms with Crippen LogP contribution in [0.5, 0.6) is 0 Å². The number of carbonyl (C=O) groups is 4. The van der Waals surface area contributed by atoms with E-state index in [4.69, 9.17) is 37.0 Å². The van der Waals surface area contributed by atoms with E-state index in [2.05, 4.69) is 210 Å². The average Bonchev–Trinajstić information content (AvgIpc) is 0.897. The zero-order chi connectivity index (χ0) is 81.7. The van der Waals surface area contributed by atoms with Crippen LogP contribution >= 0.6 is 15.6 Å². The molecule has 0 radical (unpaired) electrons. The van der Waals surface area contributed by atoms with Crippen LogP contribution in [0.2, 0.25) is 0 Å². The molecule has 0 bridgehead atoms. The van der Waals surface area contributed by atoms with Gasteiger partial charge in [0.15, 0.2) is 12.2 Å². The van der Waals surface area contributed by atoms with Gasteiger partial charge in [-0.25, -0.2) is 9.13 Å². The Morgan fingerprint density at radius 3 is 0.795 bits per heavy atom. The summed E-state index contributed by atoms with van der Waals surface area (Å²) in [7, 11) is -10.0. The molecule has 0 spiro atoms. The fourth-order valence-corrected chi connectivity index (χ4v) is 11.7. The predicted molar refractivity (Wildman–Crippen MR) is 463 cm³/mol. The quantitative estimate of drug-likeness (QED) is 0.0169. The zero-order valence-corrected chi connectivity index (χ0v) is 70.8. The molecule has 112 heavy (non-hydrogen) atoms. The molecule has 2 unspecified atom stereocenters. The highest BCUT2D eigenvalue weighted by Gasteiger charge is 2.30. The number of hydrogen-bond acceptors (Lipinski definition) is 15. The number of allylic oxidation sites excluding steroid dienone is 36. The lowest BCUT2D eigenvalue weighted by molar-refractivity contribution is -0.161. The van der Waals surface area contributed by atoms with E-state index in [0.717, 1.165) is 154 Å². The van der Waals surface area contributed by atoms with Gasteiger partial charge in [0.1, 0.15) is 19.3 Å². The van der Waals surface area contributed by atoms with Gasteiger partial charge >= 0.3 is 39.5 Å². The number of carbonyl (C=O) groups excluding carboxylic acids is 4. The van der Waals surface area contributed by atoms with Crippen LogP contribution in [0.15, 0.2) is 219 Å². The Kier molecular flexibility index (Phi) is 77.5. The molecular formula is C93H146O17P2. The molecule has 3 N–H and O–H groups in total. The minimum absolute atomic E-state index is 0.0242. The van der Waals surface area contributed by atoms with E-state index in [1.807, 2.05) is 36.5 Å². The van der Waals surface area contributed by atoms with Crippen LogP contribution in [-0.2, 0) is 65.4 Å². The SMILES string of the molecule is CC/C=C\C/C=C\C/C=C\C/C=C\C/C=C\C/C=C\CCC(=O)O[C@H](COC(=O)CCCCC/C=C\C/C=C\C/C=C\C/C=C\C/C=C\CC)COP(=O)(O)OC[C@@H](O)COP(=O)(O)OC[C@@H](COC(=O)CC/C=C\C/C=C\C/C=C\C/C=C\C/C=C\CCCCC)OC(=O)CCCCCCC/C=C\C/C=C\CCCCC. The summed E-state index contributed by atoms with van der Waals surface area (Å²) in [6.45, 7) is 4.34. The third kappa shape index (κ3) is 81.4. The van der Waals surface area contributed by atoms with E-state index >= 15 is 0 Å². The molecule has 19 heteroatoms. The third-order valence-electron chi connectivity index (χ3n) is 16.4. The minimum atomic E-state index is -5.03. The maximum absolute atomic E-state index is 13.1. The summed E-state index contributed by atoms with van der Waals surface area (Å²) in [6, 6.07) is 0. The average molecular weight is 1600 g/mol. The Morgan fingerprint density at radius 1 is 0.259 bits per heavy atom. The Morgan fingerprint density at radius 2 is 0.482 bits per heavy atom. The smallest absolute Gasteiger partial charge is 0.462 e. The Labute approximate surface area is 677 Å². The molecule has 0 aliphatic heterocycles. The summed E-state index contributed by atoms with van der Waals surface area (Å²) < 4.78 is 68.5. The van der Waals surface area contributed by atoms with Crippen LogP contribution in [0.25, 0.3) is 0 Å². The summed E-state index contributed by atoms with van der Waals surface area (Å²) >= 11 is 0. The number of phosphoric acid groups is 2. The van der Waals surface area contributed by atoms with Crippen molar-refractivity contribution in [3.63, 3.8) is 0 Å². The van der Waals surface area contributed by atoms with Crippen molar-refractivity contribution in [2.24, 2.45) is 0 Å². The van der Waals surface area contributed by atoms with Gasteiger partial charge in [-0.1, -0.05) is 298 Å². The molecule has 17 nitrogen and oxygen atoms in total. The summed E-state index contributed by atoms with van der Waals surface area (Å²) in [5.41, 5.74) is 0. The van der Waals surface area contributed by atoms with Crippen molar-refractivity contribution in [1.82, 2.24) is 0 Å². The molecule has 0 rings (SSSR count). The first-order chi connectivity index (χ1) is 54.7. The molecule has 0 amide bonds. The van der Waals surface area contributed by atoms with E-state index in [1.54, 1.807) is 0 Å². The van der Waals surface area contributed by atoms with Crippen molar-refractivity contribution in [2.75, 3.05) is 39.6 Å². The molecular weight excluding hydrogens is 1450 g/mol. The number of phosphoric ester groups is 2. The van der Waals surface area contributed by atoms with Crippen molar-refractivity contribution in [3.8, 4) is 0 Å². The van der Waals surface area contributed by atoms with Crippen molar-refractivity contribution in [2.45, 2.75) is 303 Å². The highest BCUT2D eigenvalue weighted by molar-refractivity contribution is 7.47. The molecule has 0 heterocycles. The maximum atomic E-state index is 13.1. The van der Waals surface area contributed by atoms with Gasteiger partial charge < -0.3 is 33.8 Å². The van der Waals surface area contributed by atoms with Gasteiger partial charge in [0.05, 0.1) is 26.4 Å². The first-order valence-corrected chi connectivity index (χ1v) is 45.0. The molecule has 0 aromatic rings. The number of rotatable bonds is 76. The second-order valence-electron chi connectivity index (χ2n) is 26.9. The van der Waals surface area contributed by atoms with E-state index in [-0.39, 0.29) is 25.7 Å². The monoisotopic (exact) mass is 1600 g/mol. The zero-order valence-electron chi connectivity index (χ0n) is 69.0.